The maximum atomic E-state index is 12.4. The van der Waals surface area contributed by atoms with Gasteiger partial charge in [0.2, 0.25) is 14.7 Å². The van der Waals surface area contributed by atoms with Gasteiger partial charge in [-0.15, -0.1) is 0 Å². The molecule has 196 valence electrons. The molecule has 0 aliphatic carbocycles. The van der Waals surface area contributed by atoms with E-state index in [1.54, 1.807) is 20.8 Å². The average molecular weight is 577 g/mol. The fraction of sp³-hybridized carbons (Fsp3) is 0.818. The van der Waals surface area contributed by atoms with Crippen molar-refractivity contribution in [1.82, 2.24) is 0 Å². The second-order valence-electron chi connectivity index (χ2n) is 7.07. The number of ether oxygens (including phenoxy) is 2. The summed E-state index contributed by atoms with van der Waals surface area (Å²) in [5.74, 6) is -0.623. The van der Waals surface area contributed by atoms with Crippen LogP contribution < -0.4 is 0 Å². The molecular formula is C22H43BrO8P2. The van der Waals surface area contributed by atoms with Gasteiger partial charge in [0.05, 0.1) is 39.3 Å². The topological polar surface area (TPSA) is 105 Å². The van der Waals surface area contributed by atoms with Crippen LogP contribution in [0.4, 0.5) is 0 Å². The summed E-state index contributed by atoms with van der Waals surface area (Å²) < 4.78 is 44.8. The molecule has 3 atom stereocenters. The molecule has 0 bridgehead atoms. The number of allylic oxidation sites excluding steroid dienone is 2. The van der Waals surface area contributed by atoms with Crippen molar-refractivity contribution in [2.45, 2.75) is 65.6 Å². The Bertz CT molecular complexity index is 652. The van der Waals surface area contributed by atoms with Crippen LogP contribution in [0.5, 0.6) is 0 Å². The monoisotopic (exact) mass is 576 g/mol. The van der Waals surface area contributed by atoms with Gasteiger partial charge >= 0.3 is 11.9 Å². The van der Waals surface area contributed by atoms with Crippen molar-refractivity contribution in [2.24, 2.45) is 0 Å². The predicted octanol–water partition coefficient (Wildman–Crippen LogP) is 6.26. The average Bonchev–Trinajstić information content (AvgIpc) is 2.75. The molecule has 0 heterocycles. The van der Waals surface area contributed by atoms with Crippen molar-refractivity contribution in [3.8, 4) is 0 Å². The first-order chi connectivity index (χ1) is 15.5. The zero-order valence-electron chi connectivity index (χ0n) is 21.0. The Morgan fingerprint density at radius 1 is 0.818 bits per heavy atom. The lowest BCUT2D eigenvalue weighted by Gasteiger charge is -2.18. The number of esters is 2. The number of carbonyl (C=O) groups excluding carboxylic acids is 2. The Kier molecular flexibility index (Phi) is 22.0. The van der Waals surface area contributed by atoms with Crippen molar-refractivity contribution in [1.29, 1.82) is 0 Å². The molecule has 0 aliphatic heterocycles. The highest BCUT2D eigenvalue weighted by molar-refractivity contribution is 9.09. The molecule has 33 heavy (non-hydrogen) atoms. The number of rotatable bonds is 17. The van der Waals surface area contributed by atoms with Gasteiger partial charge in [0.1, 0.15) is 0 Å². The third-order valence-electron chi connectivity index (χ3n) is 4.14. The van der Waals surface area contributed by atoms with Gasteiger partial charge in [-0.05, 0) is 41.0 Å². The molecule has 0 aromatic carbocycles. The van der Waals surface area contributed by atoms with Gasteiger partial charge in [0, 0.05) is 29.5 Å². The molecule has 8 nitrogen and oxygen atoms in total. The summed E-state index contributed by atoms with van der Waals surface area (Å²) in [5, 5.41) is 0. The number of halogens is 1. The van der Waals surface area contributed by atoms with E-state index in [1.807, 2.05) is 32.9 Å². The maximum Gasteiger partial charge on any atom is 0.306 e. The molecule has 0 rings (SSSR count). The second kappa shape index (κ2) is 20.9. The lowest BCUT2D eigenvalue weighted by molar-refractivity contribution is -0.143. The highest BCUT2D eigenvalue weighted by Gasteiger charge is 2.24. The van der Waals surface area contributed by atoms with Gasteiger partial charge in [-0.25, -0.2) is 0 Å². The maximum absolute atomic E-state index is 12.4. The molecule has 0 aromatic rings. The fourth-order valence-corrected chi connectivity index (χ4v) is 7.33. The molecule has 0 amide bonds. The van der Waals surface area contributed by atoms with Gasteiger partial charge in [-0.2, -0.15) is 0 Å². The first kappa shape index (κ1) is 34.7. The van der Waals surface area contributed by atoms with Gasteiger partial charge in [-0.1, -0.05) is 35.0 Å². The van der Waals surface area contributed by atoms with E-state index in [4.69, 9.17) is 18.5 Å². The minimum Gasteiger partial charge on any atom is -0.466 e. The Labute approximate surface area is 208 Å². The second-order valence-corrected chi connectivity index (χ2v) is 14.1. The van der Waals surface area contributed by atoms with Crippen LogP contribution in [0, 0.1) is 0 Å². The molecule has 0 radical (unpaired) electrons. The van der Waals surface area contributed by atoms with E-state index >= 15 is 0 Å². The van der Waals surface area contributed by atoms with Crippen LogP contribution in [0.25, 0.3) is 0 Å². The van der Waals surface area contributed by atoms with Crippen molar-refractivity contribution >= 4 is 42.6 Å². The molecule has 11 heteroatoms. The highest BCUT2D eigenvalue weighted by Crippen LogP contribution is 2.48. The molecule has 0 N–H and O–H groups in total. The van der Waals surface area contributed by atoms with Crippen molar-refractivity contribution in [2.75, 3.05) is 51.1 Å². The van der Waals surface area contributed by atoms with Crippen LogP contribution in [-0.2, 0) is 37.2 Å². The molecule has 0 saturated carbocycles. The Hall–Kier alpha value is -0.460. The SMILES string of the molecule is C/C=C\CP(=O)(CCC(=O)OCC)OCC.CCOC(=O)CCP(=O)(CCC(C)Br)OCC. The molecule has 0 aliphatic rings. The van der Waals surface area contributed by atoms with Crippen LogP contribution >= 0.6 is 30.7 Å². The van der Waals surface area contributed by atoms with Crippen LogP contribution in [0.3, 0.4) is 0 Å². The molecule has 3 unspecified atom stereocenters. The standard InChI is InChI=1S/C11H22BrO4P.C11H21O4P/c1-4-15-11(13)7-9-17(14,16-5-2)8-6-10(3)12;1-4-7-9-16(13,15-6-3)10-8-11(12)14-5-2/h10H,4-9H2,1-3H3;4,7H,5-6,8-10H2,1-3H3/b;7-4-. The van der Waals surface area contributed by atoms with Crippen molar-refractivity contribution in [3.63, 3.8) is 0 Å². The smallest absolute Gasteiger partial charge is 0.306 e. The van der Waals surface area contributed by atoms with Crippen LogP contribution in [0.1, 0.15) is 60.8 Å². The third kappa shape index (κ3) is 20.6. The van der Waals surface area contributed by atoms with E-state index in [9.17, 15) is 18.7 Å². The Balaban J connectivity index is 0. The highest BCUT2D eigenvalue weighted by atomic mass is 79.9. The van der Waals surface area contributed by atoms with E-state index in [2.05, 4.69) is 15.9 Å². The first-order valence-corrected chi connectivity index (χ1v) is 16.4. The molecule has 0 saturated heterocycles. The third-order valence-corrected chi connectivity index (χ3v) is 9.57. The van der Waals surface area contributed by atoms with Gasteiger partial charge < -0.3 is 18.5 Å². The minimum absolute atomic E-state index is 0.155. The zero-order valence-corrected chi connectivity index (χ0v) is 24.4. The number of hydrogen-bond donors (Lipinski definition) is 0. The molecule has 0 aromatic heterocycles. The van der Waals surface area contributed by atoms with Gasteiger partial charge in [-0.3, -0.25) is 18.7 Å². The predicted molar refractivity (Wildman–Crippen MR) is 138 cm³/mol. The largest absolute Gasteiger partial charge is 0.466 e. The number of hydrogen-bond acceptors (Lipinski definition) is 8. The lowest BCUT2D eigenvalue weighted by Crippen LogP contribution is -2.10. The first-order valence-electron chi connectivity index (χ1n) is 11.5. The van der Waals surface area contributed by atoms with Crippen LogP contribution in [0.2, 0.25) is 0 Å². The summed E-state index contributed by atoms with van der Waals surface area (Å²) in [6.45, 7) is 12.5. The van der Waals surface area contributed by atoms with E-state index in [-0.39, 0.29) is 37.1 Å². The van der Waals surface area contributed by atoms with Gasteiger partial charge in [0.15, 0.2) is 0 Å². The Morgan fingerprint density at radius 3 is 1.67 bits per heavy atom. The molecule has 0 spiro atoms. The van der Waals surface area contributed by atoms with E-state index < -0.39 is 14.7 Å². The number of alkyl halides is 1. The fourth-order valence-electron chi connectivity index (χ4n) is 2.55. The zero-order chi connectivity index (χ0) is 25.8. The van der Waals surface area contributed by atoms with Crippen LogP contribution in [0.15, 0.2) is 12.2 Å². The summed E-state index contributed by atoms with van der Waals surface area (Å²) >= 11 is 3.41. The summed E-state index contributed by atoms with van der Waals surface area (Å²) in [6, 6.07) is 0. The molecule has 0 fully saturated rings. The minimum atomic E-state index is -2.70. The quantitative estimate of drug-likeness (QED) is 0.0864. The van der Waals surface area contributed by atoms with Crippen molar-refractivity contribution < 1.29 is 37.2 Å². The number of carbonyl (C=O) groups is 2. The molecular weight excluding hydrogens is 534 g/mol. The van der Waals surface area contributed by atoms with Crippen LogP contribution in [-0.4, -0.2) is 67.8 Å². The van der Waals surface area contributed by atoms with E-state index in [0.717, 1.165) is 6.42 Å². The Morgan fingerprint density at radius 2 is 1.27 bits per heavy atom. The van der Waals surface area contributed by atoms with Gasteiger partial charge in [0.25, 0.3) is 0 Å². The lowest BCUT2D eigenvalue weighted by atomic mass is 10.4. The summed E-state index contributed by atoms with van der Waals surface area (Å²) in [4.78, 5) is 22.7. The van der Waals surface area contributed by atoms with Crippen molar-refractivity contribution in [3.05, 3.63) is 12.2 Å². The summed E-state index contributed by atoms with van der Waals surface area (Å²) in [5.41, 5.74) is 0. The van der Waals surface area contributed by atoms with E-state index in [1.165, 1.54) is 0 Å². The van der Waals surface area contributed by atoms with E-state index in [0.29, 0.717) is 43.6 Å². The summed E-state index contributed by atoms with van der Waals surface area (Å²) in [6.07, 6.45) is 6.16. The summed E-state index contributed by atoms with van der Waals surface area (Å²) in [7, 11) is -5.38. The normalized spacial score (nSPS) is 15.6.